The molecule has 2 N–H and O–H groups in total. The molecule has 10 nitrogen and oxygen atoms in total. The first kappa shape index (κ1) is 28.8. The second-order valence-corrected chi connectivity index (χ2v) is 11.0. The Labute approximate surface area is 237 Å². The minimum absolute atomic E-state index is 0.349. The summed E-state index contributed by atoms with van der Waals surface area (Å²) in [6.45, 7) is 5.98. The second kappa shape index (κ2) is 12.3. The van der Waals surface area contributed by atoms with Gasteiger partial charge in [-0.2, -0.15) is 0 Å². The zero-order valence-electron chi connectivity index (χ0n) is 23.1. The van der Waals surface area contributed by atoms with Crippen molar-refractivity contribution in [3.63, 3.8) is 0 Å². The predicted molar refractivity (Wildman–Crippen MR) is 152 cm³/mol. The number of benzene rings is 2. The number of hydrogen-bond acceptors (Lipinski definition) is 8. The van der Waals surface area contributed by atoms with Gasteiger partial charge in [0, 0.05) is 17.3 Å². The van der Waals surface area contributed by atoms with Gasteiger partial charge in [0.25, 0.3) is 5.91 Å². The highest BCUT2D eigenvalue weighted by molar-refractivity contribution is 7.12. The molecule has 11 heteroatoms. The summed E-state index contributed by atoms with van der Waals surface area (Å²) in [5.41, 5.74) is 0.275. The third-order valence-electron chi connectivity index (χ3n) is 5.95. The summed E-state index contributed by atoms with van der Waals surface area (Å²) in [5, 5.41) is 7.45. The van der Waals surface area contributed by atoms with Gasteiger partial charge >= 0.3 is 0 Å². The van der Waals surface area contributed by atoms with Gasteiger partial charge in [-0.05, 0) is 62.0 Å². The average Bonchev–Trinajstić information content (AvgIpc) is 3.48. The Morgan fingerprint density at radius 3 is 2.35 bits per heavy atom. The van der Waals surface area contributed by atoms with E-state index >= 15 is 0 Å². The molecule has 0 saturated heterocycles. The molecule has 2 heterocycles. The van der Waals surface area contributed by atoms with Crippen molar-refractivity contribution < 1.29 is 33.3 Å². The lowest BCUT2D eigenvalue weighted by molar-refractivity contribution is -0.127. The van der Waals surface area contributed by atoms with Crippen LogP contribution >= 0.6 is 11.3 Å². The van der Waals surface area contributed by atoms with E-state index in [0.29, 0.717) is 52.3 Å². The quantitative estimate of drug-likeness (QED) is 0.402. The molecule has 0 radical (unpaired) electrons. The SMILES string of the molecule is COc1ccc([C@@H](C(=O)NC(C)(C)C)N(C(=O)CNC(=O)c2cccs2)c2ccc3c(c2)OCCO3)cc1OC. The summed E-state index contributed by atoms with van der Waals surface area (Å²) >= 11 is 1.27. The van der Waals surface area contributed by atoms with Crippen molar-refractivity contribution in [2.24, 2.45) is 0 Å². The van der Waals surface area contributed by atoms with Gasteiger partial charge in [0.2, 0.25) is 11.8 Å². The topological polar surface area (TPSA) is 115 Å². The van der Waals surface area contributed by atoms with Crippen LogP contribution in [-0.4, -0.2) is 57.2 Å². The molecule has 3 aromatic rings. The lowest BCUT2D eigenvalue weighted by Gasteiger charge is -2.34. The molecular weight excluding hydrogens is 534 g/mol. The van der Waals surface area contributed by atoms with E-state index < -0.39 is 23.4 Å². The van der Waals surface area contributed by atoms with Crippen LogP contribution in [0.15, 0.2) is 53.9 Å². The maximum atomic E-state index is 14.0. The van der Waals surface area contributed by atoms with Crippen LogP contribution < -0.4 is 34.5 Å². The maximum absolute atomic E-state index is 14.0. The number of carbonyl (C=O) groups excluding carboxylic acids is 3. The molecule has 1 aliphatic heterocycles. The Bertz CT molecular complexity index is 1370. The van der Waals surface area contributed by atoms with Crippen molar-refractivity contribution in [1.82, 2.24) is 10.6 Å². The minimum Gasteiger partial charge on any atom is -0.493 e. The van der Waals surface area contributed by atoms with Crippen LogP contribution in [0.2, 0.25) is 0 Å². The molecule has 0 saturated carbocycles. The van der Waals surface area contributed by atoms with E-state index in [1.165, 1.54) is 30.5 Å². The fourth-order valence-electron chi connectivity index (χ4n) is 4.23. The van der Waals surface area contributed by atoms with Crippen LogP contribution in [0.3, 0.4) is 0 Å². The normalized spacial score (nSPS) is 13.1. The van der Waals surface area contributed by atoms with E-state index in [9.17, 15) is 14.4 Å². The number of nitrogens with zero attached hydrogens (tertiary/aromatic N) is 1. The van der Waals surface area contributed by atoms with E-state index in [0.717, 1.165) is 0 Å². The smallest absolute Gasteiger partial charge is 0.261 e. The van der Waals surface area contributed by atoms with E-state index in [-0.39, 0.29) is 12.5 Å². The number of anilines is 1. The van der Waals surface area contributed by atoms with Gasteiger partial charge in [0.15, 0.2) is 23.0 Å². The van der Waals surface area contributed by atoms with Gasteiger partial charge in [-0.15, -0.1) is 11.3 Å². The Morgan fingerprint density at radius 1 is 0.975 bits per heavy atom. The van der Waals surface area contributed by atoms with Gasteiger partial charge < -0.3 is 29.6 Å². The number of amides is 3. The van der Waals surface area contributed by atoms with Crippen molar-refractivity contribution in [2.75, 3.05) is 38.9 Å². The van der Waals surface area contributed by atoms with Gasteiger partial charge in [-0.3, -0.25) is 19.3 Å². The van der Waals surface area contributed by atoms with Crippen LogP contribution in [0.25, 0.3) is 0 Å². The number of rotatable bonds is 9. The lowest BCUT2D eigenvalue weighted by atomic mass is 10.00. The van der Waals surface area contributed by atoms with Crippen molar-refractivity contribution in [1.29, 1.82) is 0 Å². The number of thiophene rings is 1. The fraction of sp³-hybridized carbons (Fsp3) is 0.345. The standard InChI is InChI=1S/C29H33N3O7S/c1-29(2,3)31-28(35)26(18-8-10-20(36-4)22(15-18)37-5)32(19-9-11-21-23(16-19)39-13-12-38-21)25(33)17-30-27(34)24-7-6-14-40-24/h6-11,14-16,26H,12-13,17H2,1-5H3,(H,30,34)(H,31,35)/t26-/m0/s1. The van der Waals surface area contributed by atoms with Gasteiger partial charge in [-0.1, -0.05) is 12.1 Å². The van der Waals surface area contributed by atoms with E-state index in [2.05, 4.69) is 10.6 Å². The van der Waals surface area contributed by atoms with Crippen LogP contribution in [0.1, 0.15) is 42.0 Å². The number of hydrogen-bond donors (Lipinski definition) is 2. The molecule has 0 aliphatic carbocycles. The highest BCUT2D eigenvalue weighted by Gasteiger charge is 2.36. The zero-order chi connectivity index (χ0) is 28.9. The number of ether oxygens (including phenoxy) is 4. The number of carbonyl (C=O) groups is 3. The molecule has 4 rings (SSSR count). The lowest BCUT2D eigenvalue weighted by Crippen LogP contribution is -2.51. The molecule has 1 aliphatic rings. The van der Waals surface area contributed by atoms with Gasteiger partial charge in [0.05, 0.1) is 25.6 Å². The average molecular weight is 568 g/mol. The number of fused-ring (bicyclic) bond motifs is 1. The summed E-state index contributed by atoms with van der Waals surface area (Å²) in [4.78, 5) is 42.4. The molecule has 0 unspecified atom stereocenters. The summed E-state index contributed by atoms with van der Waals surface area (Å²) < 4.78 is 22.3. The molecule has 0 bridgehead atoms. The van der Waals surface area contributed by atoms with Gasteiger partial charge in [-0.25, -0.2) is 0 Å². The Balaban J connectivity index is 1.80. The van der Waals surface area contributed by atoms with Crippen molar-refractivity contribution in [3.05, 3.63) is 64.4 Å². The molecule has 2 aromatic carbocycles. The fourth-order valence-corrected chi connectivity index (χ4v) is 4.87. The molecule has 3 amide bonds. The van der Waals surface area contributed by atoms with Crippen molar-refractivity contribution in [2.45, 2.75) is 32.4 Å². The minimum atomic E-state index is -1.13. The highest BCUT2D eigenvalue weighted by Crippen LogP contribution is 2.39. The monoisotopic (exact) mass is 567 g/mol. The Morgan fingerprint density at radius 2 is 1.70 bits per heavy atom. The molecule has 0 fully saturated rings. The van der Waals surface area contributed by atoms with Crippen LogP contribution in [0.4, 0.5) is 5.69 Å². The van der Waals surface area contributed by atoms with Crippen LogP contribution in [0, 0.1) is 0 Å². The predicted octanol–water partition coefficient (Wildman–Crippen LogP) is 3.96. The zero-order valence-corrected chi connectivity index (χ0v) is 23.9. The molecule has 1 atom stereocenters. The molecule has 0 spiro atoms. The first-order chi connectivity index (χ1) is 19.1. The molecule has 212 valence electrons. The third-order valence-corrected chi connectivity index (χ3v) is 6.81. The molecular formula is C29H33N3O7S. The van der Waals surface area contributed by atoms with Crippen molar-refractivity contribution >= 4 is 34.7 Å². The first-order valence-electron chi connectivity index (χ1n) is 12.7. The third kappa shape index (κ3) is 6.66. The molecule has 40 heavy (non-hydrogen) atoms. The summed E-state index contributed by atoms with van der Waals surface area (Å²) in [6.07, 6.45) is 0. The largest absolute Gasteiger partial charge is 0.493 e. The first-order valence-corrected chi connectivity index (χ1v) is 13.6. The summed E-state index contributed by atoms with van der Waals surface area (Å²) in [7, 11) is 3.01. The maximum Gasteiger partial charge on any atom is 0.261 e. The van der Waals surface area contributed by atoms with E-state index in [4.69, 9.17) is 18.9 Å². The van der Waals surface area contributed by atoms with Crippen LogP contribution in [-0.2, 0) is 9.59 Å². The number of methoxy groups -OCH3 is 2. The summed E-state index contributed by atoms with van der Waals surface area (Å²) in [5.74, 6) is 0.544. The summed E-state index contributed by atoms with van der Waals surface area (Å²) in [6, 6.07) is 12.4. The Hall–Kier alpha value is -4.25. The molecule has 1 aromatic heterocycles. The van der Waals surface area contributed by atoms with E-state index in [1.807, 2.05) is 20.8 Å². The van der Waals surface area contributed by atoms with E-state index in [1.54, 1.807) is 53.9 Å². The van der Waals surface area contributed by atoms with Gasteiger partial charge in [0.1, 0.15) is 19.3 Å². The van der Waals surface area contributed by atoms with Crippen LogP contribution in [0.5, 0.6) is 23.0 Å². The highest BCUT2D eigenvalue weighted by atomic mass is 32.1. The second-order valence-electron chi connectivity index (χ2n) is 10.0. The van der Waals surface area contributed by atoms with Crippen molar-refractivity contribution in [3.8, 4) is 23.0 Å². The number of nitrogens with one attached hydrogen (secondary N) is 2. The Kier molecular flexibility index (Phi) is 8.83.